The molecule has 0 aromatic carbocycles. The summed E-state index contributed by atoms with van der Waals surface area (Å²) in [5, 5.41) is 2.28. The van der Waals surface area contributed by atoms with Gasteiger partial charge in [0.25, 0.3) is 0 Å². The van der Waals surface area contributed by atoms with Crippen molar-refractivity contribution >= 4 is 23.5 Å². The van der Waals surface area contributed by atoms with E-state index in [1.807, 2.05) is 0 Å². The van der Waals surface area contributed by atoms with Crippen molar-refractivity contribution in [2.45, 2.75) is 29.6 Å². The van der Waals surface area contributed by atoms with Gasteiger partial charge in [0.15, 0.2) is 0 Å². The molecule has 0 aromatic heterocycles. The number of nitrogens with two attached hydrogens (primary N) is 1. The quantitative estimate of drug-likeness (QED) is 0.507. The van der Waals surface area contributed by atoms with Gasteiger partial charge in [-0.1, -0.05) is 13.8 Å². The van der Waals surface area contributed by atoms with Crippen molar-refractivity contribution < 1.29 is 0 Å². The van der Waals surface area contributed by atoms with Gasteiger partial charge in [0, 0.05) is 28.0 Å². The van der Waals surface area contributed by atoms with Crippen LogP contribution in [0.25, 0.3) is 0 Å². The van der Waals surface area contributed by atoms with Crippen LogP contribution in [0.1, 0.15) is 13.8 Å². The van der Waals surface area contributed by atoms with Crippen molar-refractivity contribution in [3.63, 3.8) is 0 Å². The third kappa shape index (κ3) is 2.86. The summed E-state index contributed by atoms with van der Waals surface area (Å²) in [5.74, 6) is 6.50. The van der Waals surface area contributed by atoms with Crippen LogP contribution in [0.5, 0.6) is 0 Å². The molecule has 3 N–H and O–H groups in total. The molecule has 1 heterocycles. The average molecular weight is 192 g/mol. The lowest BCUT2D eigenvalue weighted by Crippen LogP contribution is -2.36. The monoisotopic (exact) mass is 192 g/mol. The molecule has 4 heteroatoms. The van der Waals surface area contributed by atoms with Crippen LogP contribution in [0.3, 0.4) is 0 Å². The van der Waals surface area contributed by atoms with Gasteiger partial charge in [0.1, 0.15) is 0 Å². The van der Waals surface area contributed by atoms with Gasteiger partial charge in [-0.25, -0.2) is 0 Å². The predicted molar refractivity (Wildman–Crippen MR) is 55.0 cm³/mol. The average Bonchev–Trinajstić information content (AvgIpc) is 1.98. The minimum absolute atomic E-state index is 0.705. The summed E-state index contributed by atoms with van der Waals surface area (Å²) in [6.45, 7) is 5.54. The zero-order valence-corrected chi connectivity index (χ0v) is 8.67. The molecule has 66 valence electrons. The van der Waals surface area contributed by atoms with Gasteiger partial charge in [-0.05, 0) is 0 Å². The van der Waals surface area contributed by atoms with Gasteiger partial charge in [-0.2, -0.15) is 23.5 Å². The van der Waals surface area contributed by atoms with Crippen LogP contribution in [0.2, 0.25) is 0 Å². The molecular weight excluding hydrogens is 176 g/mol. The lowest BCUT2D eigenvalue weighted by Gasteiger charge is -2.30. The number of rotatable bonds is 2. The summed E-state index contributed by atoms with van der Waals surface area (Å²) in [7, 11) is 0. The van der Waals surface area contributed by atoms with Crippen LogP contribution >= 0.6 is 23.5 Å². The normalized spacial score (nSPS) is 39.0. The molecule has 1 rings (SSSR count). The molecule has 0 aliphatic carbocycles. The molecule has 1 fully saturated rings. The van der Waals surface area contributed by atoms with E-state index in [1.54, 1.807) is 0 Å². The van der Waals surface area contributed by atoms with Crippen molar-refractivity contribution in [3.8, 4) is 0 Å². The Labute approximate surface area is 77.0 Å². The van der Waals surface area contributed by atoms with Gasteiger partial charge in [-0.15, -0.1) is 0 Å². The summed E-state index contributed by atoms with van der Waals surface area (Å²) >= 11 is 4.11. The van der Waals surface area contributed by atoms with E-state index in [9.17, 15) is 0 Å². The van der Waals surface area contributed by atoms with Gasteiger partial charge >= 0.3 is 0 Å². The van der Waals surface area contributed by atoms with Crippen molar-refractivity contribution in [1.29, 1.82) is 0 Å². The van der Waals surface area contributed by atoms with E-state index < -0.39 is 0 Å². The molecule has 0 saturated carbocycles. The maximum Gasteiger partial charge on any atom is 0.0280 e. The number of nitrogens with one attached hydrogen (secondary N) is 1. The Balaban J connectivity index is 2.28. The number of hydrogen-bond acceptors (Lipinski definition) is 4. The predicted octanol–water partition coefficient (Wildman–Crippen LogP) is 1.08. The van der Waals surface area contributed by atoms with Gasteiger partial charge in [0.05, 0.1) is 0 Å². The fraction of sp³-hybridized carbons (Fsp3) is 1.00. The maximum atomic E-state index is 5.27. The van der Waals surface area contributed by atoms with Crippen molar-refractivity contribution in [1.82, 2.24) is 5.43 Å². The van der Waals surface area contributed by atoms with E-state index in [2.05, 4.69) is 42.8 Å². The summed E-state index contributed by atoms with van der Waals surface area (Å²) in [4.78, 5) is 0. The Kier molecular flexibility index (Phi) is 4.06. The molecule has 0 spiro atoms. The standard InChI is InChI=1S/C7H16N2S2/c1-5-6(2)11-7(3-9-8)4-10-5/h5-7,9H,3-4,8H2,1-2H3. The zero-order valence-electron chi connectivity index (χ0n) is 7.04. The Morgan fingerprint density at radius 1 is 1.45 bits per heavy atom. The first-order chi connectivity index (χ1) is 5.24. The SMILES string of the molecule is CC1SCC(CNN)SC1C. The molecule has 1 aliphatic heterocycles. The van der Waals surface area contributed by atoms with Crippen molar-refractivity contribution in [3.05, 3.63) is 0 Å². The first-order valence-electron chi connectivity index (χ1n) is 3.94. The Morgan fingerprint density at radius 2 is 2.18 bits per heavy atom. The fourth-order valence-electron chi connectivity index (χ4n) is 1.09. The summed E-state index contributed by atoms with van der Waals surface area (Å²) in [5.41, 5.74) is 2.74. The third-order valence-corrected chi connectivity index (χ3v) is 5.43. The number of thioether (sulfide) groups is 2. The lowest BCUT2D eigenvalue weighted by atomic mass is 10.4. The highest BCUT2D eigenvalue weighted by Gasteiger charge is 2.24. The first kappa shape index (κ1) is 9.71. The molecule has 0 amide bonds. The Bertz CT molecular complexity index is 121. The van der Waals surface area contributed by atoms with Crippen LogP contribution in [0.15, 0.2) is 0 Å². The van der Waals surface area contributed by atoms with E-state index in [0.29, 0.717) is 5.25 Å². The molecule has 0 radical (unpaired) electrons. The lowest BCUT2D eigenvalue weighted by molar-refractivity contribution is 0.719. The van der Waals surface area contributed by atoms with Gasteiger partial charge in [-0.3, -0.25) is 11.3 Å². The topological polar surface area (TPSA) is 38.0 Å². The minimum Gasteiger partial charge on any atom is -0.271 e. The molecule has 0 aromatic rings. The van der Waals surface area contributed by atoms with E-state index in [0.717, 1.165) is 17.0 Å². The van der Waals surface area contributed by atoms with Crippen LogP contribution < -0.4 is 11.3 Å². The highest BCUT2D eigenvalue weighted by Crippen LogP contribution is 2.34. The second-order valence-corrected chi connectivity index (χ2v) is 6.00. The van der Waals surface area contributed by atoms with Crippen molar-refractivity contribution in [2.24, 2.45) is 5.84 Å². The van der Waals surface area contributed by atoms with E-state index in [1.165, 1.54) is 5.75 Å². The summed E-state index contributed by atoms with van der Waals surface area (Å²) in [6.07, 6.45) is 0. The molecule has 0 bridgehead atoms. The highest BCUT2D eigenvalue weighted by molar-refractivity contribution is 8.07. The molecule has 3 unspecified atom stereocenters. The highest BCUT2D eigenvalue weighted by atomic mass is 32.2. The van der Waals surface area contributed by atoms with Crippen molar-refractivity contribution in [2.75, 3.05) is 12.3 Å². The van der Waals surface area contributed by atoms with E-state index in [4.69, 9.17) is 5.84 Å². The second kappa shape index (κ2) is 4.60. The molecular formula is C7H16N2S2. The molecule has 3 atom stereocenters. The van der Waals surface area contributed by atoms with Crippen LogP contribution in [-0.4, -0.2) is 28.0 Å². The Morgan fingerprint density at radius 3 is 2.73 bits per heavy atom. The van der Waals surface area contributed by atoms with Crippen LogP contribution in [-0.2, 0) is 0 Å². The third-order valence-electron chi connectivity index (χ3n) is 1.96. The first-order valence-corrected chi connectivity index (χ1v) is 5.93. The zero-order chi connectivity index (χ0) is 8.27. The number of hydrazine groups is 1. The van der Waals surface area contributed by atoms with Gasteiger partial charge in [0.2, 0.25) is 0 Å². The molecule has 1 aliphatic rings. The largest absolute Gasteiger partial charge is 0.271 e. The molecule has 2 nitrogen and oxygen atoms in total. The van der Waals surface area contributed by atoms with Crippen LogP contribution in [0.4, 0.5) is 0 Å². The number of hydrogen-bond donors (Lipinski definition) is 2. The fourth-order valence-corrected chi connectivity index (χ4v) is 3.99. The molecule has 1 saturated heterocycles. The summed E-state index contributed by atoms with van der Waals surface area (Å²) < 4.78 is 0. The van der Waals surface area contributed by atoms with Gasteiger partial charge < -0.3 is 0 Å². The minimum atomic E-state index is 0.705. The van der Waals surface area contributed by atoms with E-state index in [-0.39, 0.29) is 0 Å². The molecule has 11 heavy (non-hydrogen) atoms. The Hall–Kier alpha value is 0.620. The maximum absolute atomic E-state index is 5.27. The summed E-state index contributed by atoms with van der Waals surface area (Å²) in [6, 6.07) is 0. The second-order valence-electron chi connectivity index (χ2n) is 2.91. The smallest absolute Gasteiger partial charge is 0.0280 e. The van der Waals surface area contributed by atoms with E-state index >= 15 is 0 Å². The van der Waals surface area contributed by atoms with Crippen LogP contribution in [0, 0.1) is 0 Å².